The van der Waals surface area contributed by atoms with Crippen molar-refractivity contribution in [2.75, 3.05) is 19.8 Å². The largest absolute Gasteiger partial charge is 0.492 e. The fourth-order valence-electron chi connectivity index (χ4n) is 0.972. The van der Waals surface area contributed by atoms with Crippen molar-refractivity contribution in [3.63, 3.8) is 0 Å². The molecule has 0 saturated carbocycles. The molecule has 0 saturated heterocycles. The molecule has 4 nitrogen and oxygen atoms in total. The molecule has 0 aliphatic rings. The van der Waals surface area contributed by atoms with E-state index >= 15 is 0 Å². The molecular weight excluding hydrogens is 262 g/mol. The van der Waals surface area contributed by atoms with Crippen LogP contribution in [0.5, 0.6) is 5.75 Å². The lowest BCUT2D eigenvalue weighted by Gasteiger charge is -2.06. The minimum atomic E-state index is -0.489. The first-order chi connectivity index (χ1) is 7.22. The van der Waals surface area contributed by atoms with Crippen molar-refractivity contribution in [1.82, 2.24) is 5.32 Å². The number of rotatable bonds is 5. The highest BCUT2D eigenvalue weighted by Gasteiger charge is 1.97. The molecule has 0 bridgehead atoms. The van der Waals surface area contributed by atoms with Crippen LogP contribution in [0.25, 0.3) is 0 Å². The minimum absolute atomic E-state index is 0.377. The molecule has 15 heavy (non-hydrogen) atoms. The van der Waals surface area contributed by atoms with Crippen LogP contribution in [0.1, 0.15) is 0 Å². The number of hydrogen-bond donors (Lipinski definition) is 2. The molecule has 5 heteroatoms. The van der Waals surface area contributed by atoms with Crippen LogP contribution in [0.4, 0.5) is 0 Å². The van der Waals surface area contributed by atoms with Gasteiger partial charge in [-0.1, -0.05) is 22.0 Å². The Morgan fingerprint density at radius 3 is 3.00 bits per heavy atom. The third-order valence-electron chi connectivity index (χ3n) is 1.63. The second-order valence-corrected chi connectivity index (χ2v) is 3.73. The molecule has 0 radical (unpaired) electrons. The Morgan fingerprint density at radius 1 is 1.53 bits per heavy atom. The molecule has 1 amide bonds. The standard InChI is InChI=1S/C10H12BrNO3/c11-8-2-1-3-9(6-8)15-5-4-12-10(14)7-13/h1-3,6,13H,4-5,7H2,(H,12,14). The van der Waals surface area contributed by atoms with Crippen molar-refractivity contribution < 1.29 is 14.6 Å². The quantitative estimate of drug-likeness (QED) is 0.785. The van der Waals surface area contributed by atoms with E-state index in [2.05, 4.69) is 21.2 Å². The zero-order valence-corrected chi connectivity index (χ0v) is 9.66. The van der Waals surface area contributed by atoms with E-state index in [0.717, 1.165) is 10.2 Å². The number of ether oxygens (including phenoxy) is 1. The van der Waals surface area contributed by atoms with Crippen LogP contribution in [0.3, 0.4) is 0 Å². The fourth-order valence-corrected chi connectivity index (χ4v) is 1.35. The minimum Gasteiger partial charge on any atom is -0.492 e. The summed E-state index contributed by atoms with van der Waals surface area (Å²) in [4.78, 5) is 10.7. The first kappa shape index (κ1) is 12.0. The maximum absolute atomic E-state index is 10.7. The maximum atomic E-state index is 10.7. The van der Waals surface area contributed by atoms with Crippen LogP contribution >= 0.6 is 15.9 Å². The molecule has 0 fully saturated rings. The maximum Gasteiger partial charge on any atom is 0.245 e. The van der Waals surface area contributed by atoms with Crippen molar-refractivity contribution in [3.05, 3.63) is 28.7 Å². The Labute approximate surface area is 96.4 Å². The summed E-state index contributed by atoms with van der Waals surface area (Å²) in [7, 11) is 0. The second-order valence-electron chi connectivity index (χ2n) is 2.81. The summed E-state index contributed by atoms with van der Waals surface area (Å²) in [6.07, 6.45) is 0. The zero-order chi connectivity index (χ0) is 11.1. The first-order valence-corrected chi connectivity index (χ1v) is 5.27. The van der Waals surface area contributed by atoms with Gasteiger partial charge in [0.2, 0.25) is 5.91 Å². The van der Waals surface area contributed by atoms with Crippen LogP contribution in [-0.2, 0) is 4.79 Å². The summed E-state index contributed by atoms with van der Waals surface area (Å²) in [5.74, 6) is 0.343. The molecule has 0 heterocycles. The van der Waals surface area contributed by atoms with Crippen molar-refractivity contribution >= 4 is 21.8 Å². The lowest BCUT2D eigenvalue weighted by Crippen LogP contribution is -2.30. The lowest BCUT2D eigenvalue weighted by molar-refractivity contribution is -0.123. The van der Waals surface area contributed by atoms with Gasteiger partial charge in [0.1, 0.15) is 19.0 Å². The van der Waals surface area contributed by atoms with Gasteiger partial charge in [-0.25, -0.2) is 0 Å². The molecule has 1 aromatic rings. The number of hydrogen-bond acceptors (Lipinski definition) is 3. The van der Waals surface area contributed by atoms with Crippen LogP contribution in [0.15, 0.2) is 28.7 Å². The average molecular weight is 274 g/mol. The molecule has 0 aliphatic carbocycles. The van der Waals surface area contributed by atoms with Gasteiger partial charge in [-0.15, -0.1) is 0 Å². The topological polar surface area (TPSA) is 58.6 Å². The molecule has 0 unspecified atom stereocenters. The van der Waals surface area contributed by atoms with Gasteiger partial charge < -0.3 is 15.2 Å². The van der Waals surface area contributed by atoms with Crippen molar-refractivity contribution in [1.29, 1.82) is 0 Å². The van der Waals surface area contributed by atoms with Gasteiger partial charge in [0.05, 0.1) is 6.54 Å². The highest BCUT2D eigenvalue weighted by Crippen LogP contribution is 2.17. The van der Waals surface area contributed by atoms with Crippen molar-refractivity contribution in [3.8, 4) is 5.75 Å². The van der Waals surface area contributed by atoms with Gasteiger partial charge in [-0.05, 0) is 18.2 Å². The van der Waals surface area contributed by atoms with Gasteiger partial charge in [0.25, 0.3) is 0 Å². The molecule has 0 aromatic heterocycles. The van der Waals surface area contributed by atoms with E-state index in [9.17, 15) is 4.79 Å². The van der Waals surface area contributed by atoms with Gasteiger partial charge in [0.15, 0.2) is 0 Å². The summed E-state index contributed by atoms with van der Waals surface area (Å²) in [6, 6.07) is 7.44. The van der Waals surface area contributed by atoms with E-state index in [1.807, 2.05) is 24.3 Å². The number of benzene rings is 1. The molecule has 1 rings (SSSR count). The van der Waals surface area contributed by atoms with Crippen LogP contribution in [-0.4, -0.2) is 30.8 Å². The predicted octanol–water partition coefficient (Wildman–Crippen LogP) is 0.936. The highest BCUT2D eigenvalue weighted by molar-refractivity contribution is 9.10. The number of carbonyl (C=O) groups is 1. The van der Waals surface area contributed by atoms with Gasteiger partial charge in [-0.2, -0.15) is 0 Å². The Bertz CT molecular complexity index is 330. The van der Waals surface area contributed by atoms with Gasteiger partial charge in [-0.3, -0.25) is 4.79 Å². The Balaban J connectivity index is 2.23. The summed E-state index contributed by atoms with van der Waals surface area (Å²) in [6.45, 7) is 0.269. The Morgan fingerprint density at radius 2 is 2.33 bits per heavy atom. The third-order valence-corrected chi connectivity index (χ3v) is 2.13. The molecule has 82 valence electrons. The van der Waals surface area contributed by atoms with Crippen LogP contribution in [0.2, 0.25) is 0 Å². The molecule has 0 aliphatic heterocycles. The predicted molar refractivity (Wildman–Crippen MR) is 59.7 cm³/mol. The summed E-state index contributed by atoms with van der Waals surface area (Å²) >= 11 is 3.32. The van der Waals surface area contributed by atoms with Gasteiger partial charge >= 0.3 is 0 Å². The number of nitrogens with one attached hydrogen (secondary N) is 1. The van der Waals surface area contributed by atoms with E-state index in [0.29, 0.717) is 13.2 Å². The van der Waals surface area contributed by atoms with E-state index in [1.165, 1.54) is 0 Å². The zero-order valence-electron chi connectivity index (χ0n) is 8.07. The number of carbonyl (C=O) groups excluding carboxylic acids is 1. The highest BCUT2D eigenvalue weighted by atomic mass is 79.9. The number of halogens is 1. The SMILES string of the molecule is O=C(CO)NCCOc1cccc(Br)c1. The van der Waals surface area contributed by atoms with Crippen molar-refractivity contribution in [2.45, 2.75) is 0 Å². The lowest BCUT2D eigenvalue weighted by atomic mass is 10.3. The van der Waals surface area contributed by atoms with Crippen LogP contribution < -0.4 is 10.1 Å². The molecular formula is C10H12BrNO3. The first-order valence-electron chi connectivity index (χ1n) is 4.48. The number of aliphatic hydroxyl groups is 1. The number of amides is 1. The van der Waals surface area contributed by atoms with E-state index < -0.39 is 12.5 Å². The Kier molecular flexibility index (Phi) is 5.14. The fraction of sp³-hybridized carbons (Fsp3) is 0.300. The summed E-state index contributed by atoms with van der Waals surface area (Å²) < 4.78 is 6.30. The normalized spacial score (nSPS) is 9.73. The monoisotopic (exact) mass is 273 g/mol. The average Bonchev–Trinajstić information content (AvgIpc) is 2.24. The second kappa shape index (κ2) is 6.42. The summed E-state index contributed by atoms with van der Waals surface area (Å²) in [5.41, 5.74) is 0. The molecule has 0 atom stereocenters. The summed E-state index contributed by atoms with van der Waals surface area (Å²) in [5, 5.41) is 10.9. The third kappa shape index (κ3) is 4.80. The Hall–Kier alpha value is -1.07. The number of aliphatic hydroxyl groups excluding tert-OH is 1. The molecule has 2 N–H and O–H groups in total. The molecule has 1 aromatic carbocycles. The van der Waals surface area contributed by atoms with E-state index in [4.69, 9.17) is 9.84 Å². The van der Waals surface area contributed by atoms with E-state index in [-0.39, 0.29) is 0 Å². The molecule has 0 spiro atoms. The van der Waals surface area contributed by atoms with Crippen molar-refractivity contribution in [2.24, 2.45) is 0 Å². The van der Waals surface area contributed by atoms with Crippen LogP contribution in [0, 0.1) is 0 Å². The van der Waals surface area contributed by atoms with Gasteiger partial charge in [0, 0.05) is 4.47 Å². The smallest absolute Gasteiger partial charge is 0.245 e. The van der Waals surface area contributed by atoms with E-state index in [1.54, 1.807) is 0 Å².